The Bertz CT molecular complexity index is 1690. The minimum absolute atomic E-state index is 0.0868. The molecule has 4 heterocycles. The molecule has 1 saturated carbocycles. The Balaban J connectivity index is 1.44. The number of benzene rings is 2. The lowest BCUT2D eigenvalue weighted by molar-refractivity contribution is -0.0209. The number of nitrogens with zero attached hydrogens (tertiary/aromatic N) is 3. The molecule has 3 aliphatic heterocycles. The molecule has 2 fully saturated rings. The van der Waals surface area contributed by atoms with E-state index in [-0.39, 0.29) is 42.5 Å². The van der Waals surface area contributed by atoms with Gasteiger partial charge in [0.1, 0.15) is 6.17 Å². The van der Waals surface area contributed by atoms with E-state index in [9.17, 15) is 18.8 Å². The van der Waals surface area contributed by atoms with Gasteiger partial charge in [-0.3, -0.25) is 19.3 Å². The molecule has 1 amide bonds. The molecule has 0 N–H and O–H groups in total. The van der Waals surface area contributed by atoms with Crippen LogP contribution in [0.5, 0.6) is 5.75 Å². The molecule has 0 radical (unpaired) electrons. The number of fused-ring (bicyclic) bond motifs is 4. The number of aromatic nitrogens is 1. The zero-order valence-corrected chi connectivity index (χ0v) is 23.9. The molecule has 13 heteroatoms. The number of rotatable bonds is 5. The van der Waals surface area contributed by atoms with E-state index in [1.54, 1.807) is 11.0 Å². The van der Waals surface area contributed by atoms with Crippen molar-refractivity contribution in [1.82, 2.24) is 9.58 Å². The summed E-state index contributed by atoms with van der Waals surface area (Å²) in [6.07, 6.45) is 2.01. The highest BCUT2D eigenvalue weighted by atomic mass is 32.2. The highest BCUT2D eigenvalue weighted by molar-refractivity contribution is 7.98. The number of morpholine rings is 1. The van der Waals surface area contributed by atoms with E-state index >= 15 is 4.39 Å². The SMILES string of the molecule is COC(=O)OCOc1c2n(ccc1=O)N(C1c3ccc(C4CC4)cc3SCc3c1ccc(F)c3F)C1COCCN1C2=O. The van der Waals surface area contributed by atoms with Gasteiger partial charge in [0.2, 0.25) is 18.0 Å². The van der Waals surface area contributed by atoms with Gasteiger partial charge in [-0.05, 0) is 47.6 Å². The van der Waals surface area contributed by atoms with Gasteiger partial charge in [0.05, 0.1) is 26.4 Å². The average Bonchev–Trinajstić information content (AvgIpc) is 3.88. The van der Waals surface area contributed by atoms with Gasteiger partial charge in [0, 0.05) is 35.0 Å². The van der Waals surface area contributed by atoms with Crippen LogP contribution in [0.2, 0.25) is 0 Å². The summed E-state index contributed by atoms with van der Waals surface area (Å²) in [5.41, 5.74) is 2.12. The molecule has 1 aromatic heterocycles. The average molecular weight is 612 g/mol. The Morgan fingerprint density at radius 3 is 2.72 bits per heavy atom. The standard InChI is InChI=1S/C30H27F2N3O7S/c1-39-30(38)42-15-41-28-22(36)8-9-34-27(28)29(37)33-10-11-40-13-24(33)35(34)26-18-6-7-21(31)25(32)20(18)14-43-23-12-17(16-2-3-16)4-5-19(23)26/h4-9,12,16,24,26H,2-3,10-11,13-15H2,1H3. The Kier molecular flexibility index (Phi) is 7.01. The monoisotopic (exact) mass is 611 g/mol. The quantitative estimate of drug-likeness (QED) is 0.310. The van der Waals surface area contributed by atoms with Gasteiger partial charge in [0.25, 0.3) is 5.91 Å². The number of pyridine rings is 1. The van der Waals surface area contributed by atoms with Crippen LogP contribution in [0.3, 0.4) is 0 Å². The lowest BCUT2D eigenvalue weighted by atomic mass is 9.92. The topological polar surface area (TPSA) is 99.5 Å². The molecule has 224 valence electrons. The number of hydrogen-bond donors (Lipinski definition) is 0. The van der Waals surface area contributed by atoms with E-state index in [1.165, 1.54) is 34.3 Å². The lowest BCUT2D eigenvalue weighted by Gasteiger charge is -2.51. The van der Waals surface area contributed by atoms with E-state index in [4.69, 9.17) is 14.2 Å². The summed E-state index contributed by atoms with van der Waals surface area (Å²) in [6.45, 7) is -0.0379. The van der Waals surface area contributed by atoms with Crippen LogP contribution < -0.4 is 15.2 Å². The number of ether oxygens (including phenoxy) is 4. The van der Waals surface area contributed by atoms with Crippen molar-refractivity contribution in [2.24, 2.45) is 0 Å². The maximum Gasteiger partial charge on any atom is 0.510 e. The second-order valence-corrected chi connectivity index (χ2v) is 11.7. The van der Waals surface area contributed by atoms with Gasteiger partial charge >= 0.3 is 6.16 Å². The first-order chi connectivity index (χ1) is 20.9. The molecule has 0 spiro atoms. The second kappa shape index (κ2) is 10.9. The molecule has 2 aromatic carbocycles. The molecule has 1 aliphatic carbocycles. The van der Waals surface area contributed by atoms with E-state index in [0.717, 1.165) is 36.5 Å². The fourth-order valence-electron chi connectivity index (χ4n) is 6.04. The zero-order chi connectivity index (χ0) is 29.8. The zero-order valence-electron chi connectivity index (χ0n) is 23.1. The highest BCUT2D eigenvalue weighted by Crippen LogP contribution is 2.48. The smallest absolute Gasteiger partial charge is 0.451 e. The van der Waals surface area contributed by atoms with Crippen LogP contribution >= 0.6 is 11.8 Å². The normalized spacial score (nSPS) is 20.8. The van der Waals surface area contributed by atoms with Gasteiger partial charge in [-0.15, -0.1) is 11.8 Å². The first kappa shape index (κ1) is 27.7. The number of halogens is 2. The van der Waals surface area contributed by atoms with Gasteiger partial charge in [-0.2, -0.15) is 0 Å². The lowest BCUT2D eigenvalue weighted by Crippen LogP contribution is -2.66. The van der Waals surface area contributed by atoms with E-state index in [1.807, 2.05) is 11.1 Å². The van der Waals surface area contributed by atoms with Crippen molar-refractivity contribution < 1.29 is 37.3 Å². The summed E-state index contributed by atoms with van der Waals surface area (Å²) in [5.74, 6) is -1.96. The number of methoxy groups -OCH3 is 1. The van der Waals surface area contributed by atoms with Crippen molar-refractivity contribution in [2.45, 2.75) is 41.6 Å². The summed E-state index contributed by atoms with van der Waals surface area (Å²) in [5, 5.41) is 1.86. The summed E-state index contributed by atoms with van der Waals surface area (Å²) in [6, 6.07) is 9.45. The van der Waals surface area contributed by atoms with Crippen molar-refractivity contribution in [2.75, 3.05) is 38.7 Å². The third-order valence-electron chi connectivity index (χ3n) is 8.25. The number of carbonyl (C=O) groups excluding carboxylic acids is 2. The first-order valence-corrected chi connectivity index (χ1v) is 14.9. The largest absolute Gasteiger partial charge is 0.510 e. The van der Waals surface area contributed by atoms with Crippen molar-refractivity contribution in [1.29, 1.82) is 0 Å². The molecule has 1 saturated heterocycles. The van der Waals surface area contributed by atoms with Gasteiger partial charge in [-0.25, -0.2) is 13.6 Å². The summed E-state index contributed by atoms with van der Waals surface area (Å²) >= 11 is 1.45. The minimum atomic E-state index is -1.02. The number of thioether (sulfide) groups is 1. The fourth-order valence-corrected chi connectivity index (χ4v) is 7.20. The van der Waals surface area contributed by atoms with Gasteiger partial charge in [-0.1, -0.05) is 18.2 Å². The molecule has 7 rings (SSSR count). The van der Waals surface area contributed by atoms with Crippen molar-refractivity contribution in [3.8, 4) is 5.75 Å². The third kappa shape index (κ3) is 4.70. The van der Waals surface area contributed by atoms with Crippen LogP contribution in [0.4, 0.5) is 13.6 Å². The molecule has 10 nitrogen and oxygen atoms in total. The highest BCUT2D eigenvalue weighted by Gasteiger charge is 2.46. The van der Waals surface area contributed by atoms with Crippen LogP contribution in [-0.4, -0.2) is 61.5 Å². The summed E-state index contributed by atoms with van der Waals surface area (Å²) in [4.78, 5) is 41.0. The maximum absolute atomic E-state index is 15.5. The number of amides is 1. The van der Waals surface area contributed by atoms with Gasteiger partial charge in [0.15, 0.2) is 17.3 Å². The van der Waals surface area contributed by atoms with Crippen LogP contribution in [0, 0.1) is 11.6 Å². The molecule has 43 heavy (non-hydrogen) atoms. The Labute approximate surface area is 249 Å². The molecule has 4 aliphatic rings. The maximum atomic E-state index is 15.5. The summed E-state index contributed by atoms with van der Waals surface area (Å²) in [7, 11) is 1.13. The van der Waals surface area contributed by atoms with Crippen molar-refractivity contribution in [3.05, 3.63) is 92.4 Å². The minimum Gasteiger partial charge on any atom is -0.451 e. The first-order valence-electron chi connectivity index (χ1n) is 13.9. The van der Waals surface area contributed by atoms with E-state index in [0.29, 0.717) is 11.5 Å². The van der Waals surface area contributed by atoms with Crippen LogP contribution in [0.25, 0.3) is 0 Å². The predicted octanol–water partition coefficient (Wildman–Crippen LogP) is 4.27. The molecule has 2 unspecified atom stereocenters. The van der Waals surface area contributed by atoms with Crippen LogP contribution in [-0.2, 0) is 20.0 Å². The molecular weight excluding hydrogens is 584 g/mol. The Morgan fingerprint density at radius 2 is 1.93 bits per heavy atom. The van der Waals surface area contributed by atoms with Crippen molar-refractivity contribution >= 4 is 23.8 Å². The van der Waals surface area contributed by atoms with E-state index in [2.05, 4.69) is 16.9 Å². The fraction of sp³-hybridized carbons (Fsp3) is 0.367. The van der Waals surface area contributed by atoms with E-state index < -0.39 is 48.1 Å². The molecule has 0 bridgehead atoms. The molecule has 3 aromatic rings. The summed E-state index contributed by atoms with van der Waals surface area (Å²) < 4.78 is 52.3. The molecular formula is C30H27F2N3O7S. The van der Waals surface area contributed by atoms with Gasteiger partial charge < -0.3 is 23.8 Å². The third-order valence-corrected chi connectivity index (χ3v) is 9.34. The second-order valence-electron chi connectivity index (χ2n) is 10.7. The number of carbonyl (C=O) groups is 2. The van der Waals surface area contributed by atoms with Crippen LogP contribution in [0.1, 0.15) is 57.5 Å². The van der Waals surface area contributed by atoms with Crippen molar-refractivity contribution in [3.63, 3.8) is 0 Å². The Hall–Kier alpha value is -4.10. The number of hydrogen-bond acceptors (Lipinski definition) is 9. The van der Waals surface area contributed by atoms with Crippen LogP contribution in [0.15, 0.2) is 52.3 Å². The Morgan fingerprint density at radius 1 is 1.12 bits per heavy atom. The predicted molar refractivity (Wildman–Crippen MR) is 150 cm³/mol. The molecule has 2 atom stereocenters.